The zero-order chi connectivity index (χ0) is 18.2. The lowest BCUT2D eigenvalue weighted by Crippen LogP contribution is -2.28. The molecule has 3 heteroatoms. The van der Waals surface area contributed by atoms with Gasteiger partial charge in [0.1, 0.15) is 12.4 Å². The third kappa shape index (κ3) is 4.51. The predicted octanol–water partition coefficient (Wildman–Crippen LogP) is 5.15. The highest BCUT2D eigenvalue weighted by molar-refractivity contribution is 5.97. The molecule has 0 spiro atoms. The number of amides is 1. The maximum Gasteiger partial charge on any atom is 0.255 e. The van der Waals surface area contributed by atoms with Crippen LogP contribution < -0.4 is 10.1 Å². The fourth-order valence-corrected chi connectivity index (χ4v) is 2.86. The van der Waals surface area contributed by atoms with Gasteiger partial charge in [-0.1, -0.05) is 79.7 Å². The van der Waals surface area contributed by atoms with Crippen molar-refractivity contribution in [2.45, 2.75) is 26.0 Å². The number of para-hydroxylation sites is 1. The Kier molecular flexibility index (Phi) is 6.05. The molecular weight excluding hydrogens is 322 g/mol. The molecule has 0 saturated heterocycles. The number of ether oxygens (including phenoxy) is 1. The Morgan fingerprint density at radius 3 is 2.19 bits per heavy atom. The maximum absolute atomic E-state index is 12.8. The second-order valence-corrected chi connectivity index (χ2v) is 6.12. The Morgan fingerprint density at radius 1 is 0.885 bits per heavy atom. The summed E-state index contributed by atoms with van der Waals surface area (Å²) in [6, 6.07) is 27.3. The van der Waals surface area contributed by atoms with Crippen molar-refractivity contribution < 1.29 is 9.53 Å². The van der Waals surface area contributed by atoms with Crippen molar-refractivity contribution in [3.05, 3.63) is 102 Å². The first-order chi connectivity index (χ1) is 12.8. The molecule has 0 aliphatic heterocycles. The number of nitrogens with one attached hydrogen (secondary N) is 1. The molecule has 0 fully saturated rings. The van der Waals surface area contributed by atoms with Crippen molar-refractivity contribution in [1.82, 2.24) is 5.32 Å². The number of hydrogen-bond acceptors (Lipinski definition) is 2. The highest BCUT2D eigenvalue weighted by Gasteiger charge is 2.17. The van der Waals surface area contributed by atoms with Crippen LogP contribution in [0.2, 0.25) is 0 Å². The third-order valence-corrected chi connectivity index (χ3v) is 4.28. The van der Waals surface area contributed by atoms with Crippen molar-refractivity contribution in [3.8, 4) is 5.75 Å². The molecule has 26 heavy (non-hydrogen) atoms. The summed E-state index contributed by atoms with van der Waals surface area (Å²) in [4.78, 5) is 12.8. The van der Waals surface area contributed by atoms with Gasteiger partial charge < -0.3 is 10.1 Å². The van der Waals surface area contributed by atoms with E-state index in [1.165, 1.54) is 0 Å². The van der Waals surface area contributed by atoms with Gasteiger partial charge in [-0.15, -0.1) is 0 Å². The van der Waals surface area contributed by atoms with Crippen LogP contribution in [0.5, 0.6) is 5.75 Å². The van der Waals surface area contributed by atoms with Crippen molar-refractivity contribution in [2.75, 3.05) is 0 Å². The minimum absolute atomic E-state index is 0.0223. The number of carbonyl (C=O) groups excluding carboxylic acids is 1. The summed E-state index contributed by atoms with van der Waals surface area (Å²) in [5.74, 6) is 0.473. The zero-order valence-corrected chi connectivity index (χ0v) is 14.9. The van der Waals surface area contributed by atoms with Crippen LogP contribution in [-0.2, 0) is 6.61 Å². The molecule has 0 unspecified atom stereocenters. The van der Waals surface area contributed by atoms with Crippen LogP contribution in [0.1, 0.15) is 40.9 Å². The lowest BCUT2D eigenvalue weighted by molar-refractivity contribution is 0.0931. The Labute approximate surface area is 154 Å². The molecule has 132 valence electrons. The molecule has 0 aliphatic carbocycles. The van der Waals surface area contributed by atoms with E-state index >= 15 is 0 Å². The van der Waals surface area contributed by atoms with Crippen molar-refractivity contribution >= 4 is 5.91 Å². The molecule has 3 nitrogen and oxygen atoms in total. The summed E-state index contributed by atoms with van der Waals surface area (Å²) in [6.07, 6.45) is 0.822. The normalized spacial score (nSPS) is 11.6. The average Bonchev–Trinajstić information content (AvgIpc) is 2.72. The van der Waals surface area contributed by atoms with Gasteiger partial charge >= 0.3 is 0 Å². The van der Waals surface area contributed by atoms with E-state index in [0.717, 1.165) is 17.5 Å². The van der Waals surface area contributed by atoms with Crippen molar-refractivity contribution in [1.29, 1.82) is 0 Å². The van der Waals surface area contributed by atoms with E-state index < -0.39 is 0 Å². The number of benzene rings is 3. The van der Waals surface area contributed by atoms with Gasteiger partial charge in [0.25, 0.3) is 5.91 Å². The van der Waals surface area contributed by atoms with Crippen LogP contribution in [0, 0.1) is 0 Å². The largest absolute Gasteiger partial charge is 0.488 e. The van der Waals surface area contributed by atoms with Gasteiger partial charge in [0.05, 0.1) is 11.6 Å². The maximum atomic E-state index is 12.8. The van der Waals surface area contributed by atoms with E-state index in [2.05, 4.69) is 12.2 Å². The summed E-state index contributed by atoms with van der Waals surface area (Å²) < 4.78 is 5.90. The molecule has 0 aliphatic rings. The minimum atomic E-state index is -0.121. The lowest BCUT2D eigenvalue weighted by Gasteiger charge is -2.19. The molecule has 3 rings (SSSR count). The Bertz CT molecular complexity index is 831. The molecule has 0 heterocycles. The van der Waals surface area contributed by atoms with Gasteiger partial charge in [-0.05, 0) is 29.7 Å². The van der Waals surface area contributed by atoms with E-state index in [0.29, 0.717) is 17.9 Å². The van der Waals surface area contributed by atoms with Crippen molar-refractivity contribution in [3.63, 3.8) is 0 Å². The van der Waals surface area contributed by atoms with E-state index in [1.807, 2.05) is 78.9 Å². The van der Waals surface area contributed by atoms with E-state index in [1.54, 1.807) is 6.07 Å². The smallest absolute Gasteiger partial charge is 0.255 e. The SMILES string of the molecule is CC[C@H](NC(=O)c1ccccc1OCc1ccccc1)c1ccccc1. The number of carbonyl (C=O) groups is 1. The molecule has 3 aromatic carbocycles. The van der Waals surface area contributed by atoms with Crippen molar-refractivity contribution in [2.24, 2.45) is 0 Å². The first-order valence-corrected chi connectivity index (χ1v) is 8.89. The molecule has 0 radical (unpaired) electrons. The number of rotatable bonds is 7. The molecule has 0 bridgehead atoms. The number of hydrogen-bond donors (Lipinski definition) is 1. The standard InChI is InChI=1S/C23H23NO2/c1-2-21(19-13-7-4-8-14-19)24-23(25)20-15-9-10-16-22(20)26-17-18-11-5-3-6-12-18/h3-16,21H,2,17H2,1H3,(H,24,25)/t21-/m0/s1. The summed E-state index contributed by atoms with van der Waals surface area (Å²) >= 11 is 0. The van der Waals surface area contributed by atoms with Crippen LogP contribution >= 0.6 is 0 Å². The Hall–Kier alpha value is -3.07. The van der Waals surface area contributed by atoms with Crippen LogP contribution in [0.15, 0.2) is 84.9 Å². The summed E-state index contributed by atoms with van der Waals surface area (Å²) in [5.41, 5.74) is 2.72. The monoisotopic (exact) mass is 345 g/mol. The zero-order valence-electron chi connectivity index (χ0n) is 14.9. The summed E-state index contributed by atoms with van der Waals surface area (Å²) in [5, 5.41) is 3.12. The first kappa shape index (κ1) is 17.7. The molecular formula is C23H23NO2. The fraction of sp³-hybridized carbons (Fsp3) is 0.174. The van der Waals surface area contributed by atoms with Crippen LogP contribution in [0.25, 0.3) is 0 Å². The van der Waals surface area contributed by atoms with Gasteiger partial charge in [-0.2, -0.15) is 0 Å². The fourth-order valence-electron chi connectivity index (χ4n) is 2.86. The molecule has 1 N–H and O–H groups in total. The lowest BCUT2D eigenvalue weighted by atomic mass is 10.0. The topological polar surface area (TPSA) is 38.3 Å². The summed E-state index contributed by atoms with van der Waals surface area (Å²) in [7, 11) is 0. The van der Waals surface area contributed by atoms with E-state index in [4.69, 9.17) is 4.74 Å². The average molecular weight is 345 g/mol. The quantitative estimate of drug-likeness (QED) is 0.643. The van der Waals surface area contributed by atoms with Gasteiger partial charge in [0.2, 0.25) is 0 Å². The minimum Gasteiger partial charge on any atom is -0.488 e. The first-order valence-electron chi connectivity index (χ1n) is 8.89. The van der Waals surface area contributed by atoms with Crippen LogP contribution in [0.3, 0.4) is 0 Å². The van der Waals surface area contributed by atoms with E-state index in [9.17, 15) is 4.79 Å². The van der Waals surface area contributed by atoms with Crippen LogP contribution in [-0.4, -0.2) is 5.91 Å². The second-order valence-electron chi connectivity index (χ2n) is 6.12. The Morgan fingerprint density at radius 2 is 1.50 bits per heavy atom. The second kappa shape index (κ2) is 8.86. The third-order valence-electron chi connectivity index (χ3n) is 4.28. The molecule has 0 saturated carbocycles. The van der Waals surface area contributed by atoms with Gasteiger partial charge in [-0.3, -0.25) is 4.79 Å². The van der Waals surface area contributed by atoms with Gasteiger partial charge in [0.15, 0.2) is 0 Å². The molecule has 1 atom stereocenters. The van der Waals surface area contributed by atoms with Gasteiger partial charge in [0, 0.05) is 0 Å². The van der Waals surface area contributed by atoms with E-state index in [-0.39, 0.29) is 11.9 Å². The van der Waals surface area contributed by atoms with Gasteiger partial charge in [-0.25, -0.2) is 0 Å². The Balaban J connectivity index is 1.73. The summed E-state index contributed by atoms with van der Waals surface area (Å²) in [6.45, 7) is 2.50. The highest BCUT2D eigenvalue weighted by Crippen LogP contribution is 2.22. The highest BCUT2D eigenvalue weighted by atomic mass is 16.5. The molecule has 3 aromatic rings. The predicted molar refractivity (Wildman–Crippen MR) is 104 cm³/mol. The molecule has 0 aromatic heterocycles. The van der Waals surface area contributed by atoms with Crippen LogP contribution in [0.4, 0.5) is 0 Å². The molecule has 1 amide bonds.